The summed E-state index contributed by atoms with van der Waals surface area (Å²) in [6.45, 7) is 1.14. The Labute approximate surface area is 105 Å². The van der Waals surface area contributed by atoms with Gasteiger partial charge in [-0.25, -0.2) is 0 Å². The SMILES string of the molecule is CSCCNCC(=O)Nc1ccccc1Cl. The van der Waals surface area contributed by atoms with Gasteiger partial charge in [0.25, 0.3) is 0 Å². The minimum atomic E-state index is -0.0748. The summed E-state index contributed by atoms with van der Waals surface area (Å²) in [4.78, 5) is 11.5. The molecule has 1 rings (SSSR count). The van der Waals surface area contributed by atoms with Crippen LogP contribution in [0.15, 0.2) is 24.3 Å². The van der Waals surface area contributed by atoms with Crippen LogP contribution in [0.2, 0.25) is 5.02 Å². The predicted molar refractivity (Wildman–Crippen MR) is 71.3 cm³/mol. The van der Waals surface area contributed by atoms with E-state index in [9.17, 15) is 4.79 Å². The van der Waals surface area contributed by atoms with Crippen molar-refractivity contribution in [2.75, 3.05) is 30.4 Å². The smallest absolute Gasteiger partial charge is 0.238 e. The number of rotatable bonds is 6. The number of carbonyl (C=O) groups is 1. The van der Waals surface area contributed by atoms with Crippen LogP contribution in [0.25, 0.3) is 0 Å². The van der Waals surface area contributed by atoms with Gasteiger partial charge in [0.1, 0.15) is 0 Å². The van der Waals surface area contributed by atoms with Crippen LogP contribution in [0.1, 0.15) is 0 Å². The van der Waals surface area contributed by atoms with Crippen molar-refractivity contribution in [3.05, 3.63) is 29.3 Å². The summed E-state index contributed by atoms with van der Waals surface area (Å²) in [5.74, 6) is 0.925. The molecule has 0 bridgehead atoms. The average molecular weight is 259 g/mol. The van der Waals surface area contributed by atoms with Crippen LogP contribution in [0.3, 0.4) is 0 Å². The lowest BCUT2D eigenvalue weighted by atomic mass is 10.3. The highest BCUT2D eigenvalue weighted by Gasteiger charge is 2.03. The summed E-state index contributed by atoms with van der Waals surface area (Å²) < 4.78 is 0. The molecule has 0 saturated carbocycles. The third-order valence-electron chi connectivity index (χ3n) is 1.92. The van der Waals surface area contributed by atoms with E-state index in [1.165, 1.54) is 0 Å². The first kappa shape index (κ1) is 13.4. The summed E-state index contributed by atoms with van der Waals surface area (Å²) in [5, 5.41) is 6.35. The Morgan fingerprint density at radius 1 is 1.44 bits per heavy atom. The number of halogens is 1. The van der Waals surface area contributed by atoms with Gasteiger partial charge in [0.15, 0.2) is 0 Å². The lowest BCUT2D eigenvalue weighted by Gasteiger charge is -2.07. The summed E-state index contributed by atoms with van der Waals surface area (Å²) in [6, 6.07) is 7.19. The zero-order valence-corrected chi connectivity index (χ0v) is 10.7. The number of anilines is 1. The van der Waals surface area contributed by atoms with E-state index in [1.54, 1.807) is 23.9 Å². The fourth-order valence-electron chi connectivity index (χ4n) is 1.13. The topological polar surface area (TPSA) is 41.1 Å². The largest absolute Gasteiger partial charge is 0.324 e. The van der Waals surface area contributed by atoms with Crippen LogP contribution in [-0.2, 0) is 4.79 Å². The molecule has 16 heavy (non-hydrogen) atoms. The highest BCUT2D eigenvalue weighted by atomic mass is 35.5. The lowest BCUT2D eigenvalue weighted by molar-refractivity contribution is -0.115. The van der Waals surface area contributed by atoms with Crippen LogP contribution >= 0.6 is 23.4 Å². The molecule has 5 heteroatoms. The van der Waals surface area contributed by atoms with Crippen LogP contribution in [-0.4, -0.2) is 31.0 Å². The molecular weight excluding hydrogens is 244 g/mol. The second-order valence-electron chi connectivity index (χ2n) is 3.20. The molecule has 88 valence electrons. The third kappa shape index (κ3) is 4.88. The minimum Gasteiger partial charge on any atom is -0.324 e. The first-order valence-electron chi connectivity index (χ1n) is 4.98. The fraction of sp³-hybridized carbons (Fsp3) is 0.364. The number of nitrogens with one attached hydrogen (secondary N) is 2. The number of carbonyl (C=O) groups excluding carboxylic acids is 1. The Morgan fingerprint density at radius 2 is 2.19 bits per heavy atom. The molecule has 3 nitrogen and oxygen atoms in total. The van der Waals surface area contributed by atoms with Gasteiger partial charge < -0.3 is 10.6 Å². The highest BCUT2D eigenvalue weighted by Crippen LogP contribution is 2.19. The number of thioether (sulfide) groups is 1. The number of para-hydroxylation sites is 1. The standard InChI is InChI=1S/C11H15ClN2OS/c1-16-7-6-13-8-11(15)14-10-5-3-2-4-9(10)12/h2-5,13H,6-8H2,1H3,(H,14,15). The van der Waals surface area contributed by atoms with Gasteiger partial charge in [-0.3, -0.25) is 4.79 Å². The van der Waals surface area contributed by atoms with Crippen molar-refractivity contribution in [1.29, 1.82) is 0 Å². The predicted octanol–water partition coefficient (Wildman–Crippen LogP) is 2.23. The van der Waals surface area contributed by atoms with Crippen LogP contribution in [0.4, 0.5) is 5.69 Å². The Morgan fingerprint density at radius 3 is 2.88 bits per heavy atom. The fourth-order valence-corrected chi connectivity index (χ4v) is 1.66. The number of hydrogen-bond acceptors (Lipinski definition) is 3. The molecule has 1 amide bonds. The molecule has 1 aromatic carbocycles. The molecule has 0 fully saturated rings. The zero-order chi connectivity index (χ0) is 11.8. The molecule has 0 heterocycles. The van der Waals surface area contributed by atoms with Gasteiger partial charge >= 0.3 is 0 Å². The van der Waals surface area contributed by atoms with Crippen LogP contribution < -0.4 is 10.6 Å². The molecule has 0 atom stereocenters. The van der Waals surface area contributed by atoms with Crippen molar-refractivity contribution in [1.82, 2.24) is 5.32 Å². The Bertz CT molecular complexity index is 347. The summed E-state index contributed by atoms with van der Waals surface area (Å²) in [6.07, 6.45) is 2.03. The van der Waals surface area contributed by atoms with Crippen molar-refractivity contribution in [3.8, 4) is 0 Å². The number of amides is 1. The number of benzene rings is 1. The Hall–Kier alpha value is -0.710. The second-order valence-corrected chi connectivity index (χ2v) is 4.59. The molecule has 0 unspecified atom stereocenters. The average Bonchev–Trinajstić information content (AvgIpc) is 2.28. The van der Waals surface area contributed by atoms with E-state index in [-0.39, 0.29) is 5.91 Å². The maximum atomic E-state index is 11.5. The van der Waals surface area contributed by atoms with Gasteiger partial charge in [-0.2, -0.15) is 11.8 Å². The Balaban J connectivity index is 2.32. The molecule has 1 aromatic rings. The minimum absolute atomic E-state index is 0.0748. The lowest BCUT2D eigenvalue weighted by Crippen LogP contribution is -2.29. The van der Waals surface area contributed by atoms with E-state index in [2.05, 4.69) is 10.6 Å². The molecule has 0 radical (unpaired) electrons. The molecule has 0 aromatic heterocycles. The third-order valence-corrected chi connectivity index (χ3v) is 2.86. The highest BCUT2D eigenvalue weighted by molar-refractivity contribution is 7.98. The molecule has 0 spiro atoms. The van der Waals surface area contributed by atoms with E-state index in [0.717, 1.165) is 12.3 Å². The molecule has 0 aliphatic rings. The molecule has 2 N–H and O–H groups in total. The van der Waals surface area contributed by atoms with Gasteiger partial charge in [-0.1, -0.05) is 23.7 Å². The van der Waals surface area contributed by atoms with Gasteiger partial charge in [-0.05, 0) is 18.4 Å². The summed E-state index contributed by atoms with van der Waals surface area (Å²) >= 11 is 7.66. The second kappa shape index (κ2) is 7.54. The van der Waals surface area contributed by atoms with Gasteiger partial charge in [0, 0.05) is 12.3 Å². The van der Waals surface area contributed by atoms with Crippen molar-refractivity contribution < 1.29 is 4.79 Å². The first-order valence-corrected chi connectivity index (χ1v) is 6.75. The van der Waals surface area contributed by atoms with E-state index >= 15 is 0 Å². The van der Waals surface area contributed by atoms with Crippen LogP contribution in [0.5, 0.6) is 0 Å². The quantitative estimate of drug-likeness (QED) is 0.769. The molecule has 0 saturated heterocycles. The number of hydrogen-bond donors (Lipinski definition) is 2. The molecule has 0 aliphatic heterocycles. The van der Waals surface area contributed by atoms with Crippen LogP contribution in [0, 0.1) is 0 Å². The van der Waals surface area contributed by atoms with E-state index in [4.69, 9.17) is 11.6 Å². The maximum Gasteiger partial charge on any atom is 0.238 e. The molecular formula is C11H15ClN2OS. The summed E-state index contributed by atoms with van der Waals surface area (Å²) in [7, 11) is 0. The van der Waals surface area contributed by atoms with Crippen molar-refractivity contribution in [2.24, 2.45) is 0 Å². The summed E-state index contributed by atoms with van der Waals surface area (Å²) in [5.41, 5.74) is 0.654. The molecule has 0 aliphatic carbocycles. The zero-order valence-electron chi connectivity index (χ0n) is 9.13. The Kier molecular flexibility index (Phi) is 6.30. The van der Waals surface area contributed by atoms with Crippen molar-refractivity contribution >= 4 is 35.0 Å². The monoisotopic (exact) mass is 258 g/mol. The first-order chi connectivity index (χ1) is 7.74. The van der Waals surface area contributed by atoms with Crippen molar-refractivity contribution in [3.63, 3.8) is 0 Å². The van der Waals surface area contributed by atoms with Crippen molar-refractivity contribution in [2.45, 2.75) is 0 Å². The maximum absolute atomic E-state index is 11.5. The van der Waals surface area contributed by atoms with E-state index < -0.39 is 0 Å². The normalized spacial score (nSPS) is 10.1. The van der Waals surface area contributed by atoms with E-state index in [0.29, 0.717) is 17.3 Å². The van der Waals surface area contributed by atoms with E-state index in [1.807, 2.05) is 18.4 Å². The van der Waals surface area contributed by atoms with Gasteiger partial charge in [0.2, 0.25) is 5.91 Å². The van der Waals surface area contributed by atoms with Gasteiger partial charge in [0.05, 0.1) is 17.3 Å². The van der Waals surface area contributed by atoms with Gasteiger partial charge in [-0.15, -0.1) is 0 Å².